The SMILES string of the molecule is CCCCN(C)C(=O)COC(=O)c1ccc(-c2nc3ccccc3s2)s1. The minimum absolute atomic E-state index is 0.185. The number of nitrogens with zero attached hydrogens (tertiary/aromatic N) is 2. The highest BCUT2D eigenvalue weighted by Crippen LogP contribution is 2.34. The second-order valence-corrected chi connectivity index (χ2v) is 8.01. The first-order valence-electron chi connectivity index (χ1n) is 8.45. The number of hydrogen-bond donors (Lipinski definition) is 0. The van der Waals surface area contributed by atoms with Gasteiger partial charge in [0.15, 0.2) is 6.61 Å². The molecule has 0 spiro atoms. The standard InChI is InChI=1S/C19H20N2O3S2/c1-3-4-11-21(2)17(22)12-24-19(23)16-10-9-15(25-16)18-20-13-7-5-6-8-14(13)26-18/h5-10H,3-4,11-12H2,1-2H3. The molecule has 136 valence electrons. The number of hydrogen-bond acceptors (Lipinski definition) is 6. The van der Waals surface area contributed by atoms with E-state index in [1.165, 1.54) is 11.3 Å². The highest BCUT2D eigenvalue weighted by Gasteiger charge is 2.16. The summed E-state index contributed by atoms with van der Waals surface area (Å²) in [5.41, 5.74) is 0.950. The van der Waals surface area contributed by atoms with E-state index in [2.05, 4.69) is 11.9 Å². The molecule has 5 nitrogen and oxygen atoms in total. The van der Waals surface area contributed by atoms with Gasteiger partial charge in [0.25, 0.3) is 5.91 Å². The molecule has 0 saturated heterocycles. The van der Waals surface area contributed by atoms with Crippen LogP contribution in [0.25, 0.3) is 20.1 Å². The third-order valence-electron chi connectivity index (χ3n) is 3.91. The minimum Gasteiger partial charge on any atom is -0.451 e. The van der Waals surface area contributed by atoms with Crippen LogP contribution < -0.4 is 0 Å². The summed E-state index contributed by atoms with van der Waals surface area (Å²) in [6.07, 6.45) is 1.95. The van der Waals surface area contributed by atoms with Gasteiger partial charge in [-0.25, -0.2) is 9.78 Å². The van der Waals surface area contributed by atoms with Crippen molar-refractivity contribution in [1.29, 1.82) is 0 Å². The Morgan fingerprint density at radius 3 is 2.73 bits per heavy atom. The molecule has 0 fully saturated rings. The highest BCUT2D eigenvalue weighted by atomic mass is 32.1. The summed E-state index contributed by atoms with van der Waals surface area (Å²) in [5, 5.41) is 0.880. The van der Waals surface area contributed by atoms with Gasteiger partial charge >= 0.3 is 5.97 Å². The Labute approximate surface area is 160 Å². The molecule has 2 heterocycles. The first kappa shape index (κ1) is 18.5. The Balaban J connectivity index is 1.62. The number of amides is 1. The van der Waals surface area contributed by atoms with Crippen molar-refractivity contribution >= 4 is 44.8 Å². The summed E-state index contributed by atoms with van der Waals surface area (Å²) < 4.78 is 6.27. The van der Waals surface area contributed by atoms with Crippen molar-refractivity contribution in [2.24, 2.45) is 0 Å². The van der Waals surface area contributed by atoms with Crippen molar-refractivity contribution in [3.63, 3.8) is 0 Å². The lowest BCUT2D eigenvalue weighted by Crippen LogP contribution is -2.31. The number of aromatic nitrogens is 1. The van der Waals surface area contributed by atoms with Crippen LogP contribution in [0, 0.1) is 0 Å². The molecule has 3 aromatic rings. The van der Waals surface area contributed by atoms with Crippen LogP contribution in [0.1, 0.15) is 29.4 Å². The number of carbonyl (C=O) groups excluding carboxylic acids is 2. The van der Waals surface area contributed by atoms with Gasteiger partial charge in [-0.05, 0) is 30.7 Å². The number of likely N-dealkylation sites (N-methyl/N-ethyl adjacent to an activating group) is 1. The van der Waals surface area contributed by atoms with Crippen molar-refractivity contribution in [1.82, 2.24) is 9.88 Å². The number of fused-ring (bicyclic) bond motifs is 1. The topological polar surface area (TPSA) is 59.5 Å². The number of benzene rings is 1. The fraction of sp³-hybridized carbons (Fsp3) is 0.316. The van der Waals surface area contributed by atoms with Gasteiger partial charge in [0.05, 0.1) is 15.1 Å². The molecule has 0 aliphatic heterocycles. The first-order chi connectivity index (χ1) is 12.6. The molecule has 3 rings (SSSR count). The second-order valence-electron chi connectivity index (χ2n) is 5.90. The van der Waals surface area contributed by atoms with Crippen molar-refractivity contribution in [3.05, 3.63) is 41.3 Å². The lowest BCUT2D eigenvalue weighted by molar-refractivity contribution is -0.133. The molecule has 1 amide bonds. The third kappa shape index (κ3) is 4.28. The van der Waals surface area contributed by atoms with Gasteiger partial charge in [0, 0.05) is 13.6 Å². The molecule has 0 N–H and O–H groups in total. The van der Waals surface area contributed by atoms with Crippen molar-refractivity contribution in [3.8, 4) is 9.88 Å². The zero-order valence-corrected chi connectivity index (χ0v) is 16.4. The van der Waals surface area contributed by atoms with Crippen LogP contribution in [0.5, 0.6) is 0 Å². The van der Waals surface area contributed by atoms with Gasteiger partial charge < -0.3 is 9.64 Å². The van der Waals surface area contributed by atoms with E-state index in [0.717, 1.165) is 32.9 Å². The molecule has 0 bridgehead atoms. The average Bonchev–Trinajstić information content (AvgIpc) is 3.30. The first-order valence-corrected chi connectivity index (χ1v) is 10.1. The van der Waals surface area contributed by atoms with E-state index in [0.29, 0.717) is 11.4 Å². The number of esters is 1. The maximum absolute atomic E-state index is 12.2. The quantitative estimate of drug-likeness (QED) is 0.562. The summed E-state index contributed by atoms with van der Waals surface area (Å²) in [4.78, 5) is 31.7. The number of carbonyl (C=O) groups is 2. The fourth-order valence-electron chi connectivity index (χ4n) is 2.37. The monoisotopic (exact) mass is 388 g/mol. The van der Waals surface area contributed by atoms with E-state index in [1.807, 2.05) is 30.3 Å². The molecule has 0 aliphatic rings. The van der Waals surface area contributed by atoms with Crippen LogP contribution in [0.4, 0.5) is 0 Å². The van der Waals surface area contributed by atoms with Crippen molar-refractivity contribution in [2.45, 2.75) is 19.8 Å². The summed E-state index contributed by atoms with van der Waals surface area (Å²) in [6.45, 7) is 2.51. The number of thiazole rings is 1. The maximum atomic E-state index is 12.2. The van der Waals surface area contributed by atoms with Crippen LogP contribution in [0.2, 0.25) is 0 Å². The van der Waals surface area contributed by atoms with Crippen LogP contribution in [0.15, 0.2) is 36.4 Å². The molecule has 0 unspecified atom stereocenters. The Hall–Kier alpha value is -2.25. The van der Waals surface area contributed by atoms with E-state index in [-0.39, 0.29) is 12.5 Å². The lowest BCUT2D eigenvalue weighted by Gasteiger charge is -2.16. The summed E-state index contributed by atoms with van der Waals surface area (Å²) >= 11 is 2.92. The molecule has 0 saturated carbocycles. The molecule has 2 aromatic heterocycles. The number of ether oxygens (including phenoxy) is 1. The van der Waals surface area contributed by atoms with Gasteiger partial charge in [-0.3, -0.25) is 4.79 Å². The largest absolute Gasteiger partial charge is 0.451 e. The van der Waals surface area contributed by atoms with Crippen LogP contribution in [-0.2, 0) is 9.53 Å². The Morgan fingerprint density at radius 2 is 1.96 bits per heavy atom. The molecular formula is C19H20N2O3S2. The predicted octanol–water partition coefficient (Wildman–Crippen LogP) is 4.44. The zero-order chi connectivity index (χ0) is 18.5. The average molecular weight is 389 g/mol. The van der Waals surface area contributed by atoms with Crippen molar-refractivity contribution < 1.29 is 14.3 Å². The maximum Gasteiger partial charge on any atom is 0.348 e. The van der Waals surface area contributed by atoms with Gasteiger partial charge in [-0.15, -0.1) is 22.7 Å². The summed E-state index contributed by atoms with van der Waals surface area (Å²) in [6, 6.07) is 11.5. The Morgan fingerprint density at radius 1 is 1.15 bits per heavy atom. The van der Waals surface area contributed by atoms with E-state index in [1.54, 1.807) is 29.4 Å². The highest BCUT2D eigenvalue weighted by molar-refractivity contribution is 7.26. The molecular weight excluding hydrogens is 368 g/mol. The molecule has 0 aliphatic carbocycles. The van der Waals surface area contributed by atoms with Crippen LogP contribution in [-0.4, -0.2) is 42.0 Å². The van der Waals surface area contributed by atoms with E-state index < -0.39 is 5.97 Å². The zero-order valence-electron chi connectivity index (χ0n) is 14.7. The number of para-hydroxylation sites is 1. The minimum atomic E-state index is -0.473. The third-order valence-corrected chi connectivity index (χ3v) is 6.18. The summed E-state index contributed by atoms with van der Waals surface area (Å²) in [5.74, 6) is -0.658. The lowest BCUT2D eigenvalue weighted by atomic mass is 10.3. The number of unbranched alkanes of at least 4 members (excludes halogenated alkanes) is 1. The van der Waals surface area contributed by atoms with Gasteiger partial charge in [-0.2, -0.15) is 0 Å². The second kappa shape index (κ2) is 8.42. The van der Waals surface area contributed by atoms with Crippen molar-refractivity contribution in [2.75, 3.05) is 20.2 Å². The Bertz CT molecular complexity index is 883. The van der Waals surface area contributed by atoms with Gasteiger partial charge in [-0.1, -0.05) is 25.5 Å². The van der Waals surface area contributed by atoms with E-state index >= 15 is 0 Å². The molecule has 1 aromatic carbocycles. The molecule has 26 heavy (non-hydrogen) atoms. The number of rotatable bonds is 7. The van der Waals surface area contributed by atoms with Gasteiger partial charge in [0.1, 0.15) is 9.88 Å². The predicted molar refractivity (Wildman–Crippen MR) is 106 cm³/mol. The smallest absolute Gasteiger partial charge is 0.348 e. The molecule has 0 atom stereocenters. The normalized spacial score (nSPS) is 10.8. The van der Waals surface area contributed by atoms with Crippen LogP contribution >= 0.6 is 22.7 Å². The summed E-state index contributed by atoms with van der Waals surface area (Å²) in [7, 11) is 1.72. The Kier molecular flexibility index (Phi) is 6.00. The number of thiophene rings is 1. The van der Waals surface area contributed by atoms with E-state index in [4.69, 9.17) is 4.74 Å². The molecule has 0 radical (unpaired) electrons. The van der Waals surface area contributed by atoms with Crippen LogP contribution in [0.3, 0.4) is 0 Å². The fourth-order valence-corrected chi connectivity index (χ4v) is 4.29. The molecule has 7 heteroatoms. The van der Waals surface area contributed by atoms with E-state index in [9.17, 15) is 9.59 Å². The van der Waals surface area contributed by atoms with Gasteiger partial charge in [0.2, 0.25) is 0 Å².